The van der Waals surface area contributed by atoms with E-state index < -0.39 is 23.7 Å². The number of hydrogen-bond donors (Lipinski definition) is 2. The van der Waals surface area contributed by atoms with Crippen LogP contribution >= 0.6 is 0 Å². The van der Waals surface area contributed by atoms with Crippen LogP contribution in [0.4, 0.5) is 0 Å². The first kappa shape index (κ1) is 16.0. The van der Waals surface area contributed by atoms with E-state index in [1.807, 2.05) is 0 Å². The van der Waals surface area contributed by atoms with Crippen molar-refractivity contribution in [3.05, 3.63) is 11.8 Å². The number of carbonyl (C=O) groups excluding carboxylic acids is 3. The number of amides is 1. The van der Waals surface area contributed by atoms with Crippen molar-refractivity contribution in [2.45, 2.75) is 26.6 Å². The van der Waals surface area contributed by atoms with E-state index in [4.69, 9.17) is 14.2 Å². The second-order valence-corrected chi connectivity index (χ2v) is 3.72. The van der Waals surface area contributed by atoms with E-state index in [1.54, 1.807) is 20.8 Å². The molecule has 8 heteroatoms. The first-order valence-electron chi connectivity index (χ1n) is 6.29. The lowest BCUT2D eigenvalue weighted by Gasteiger charge is -2.25. The highest BCUT2D eigenvalue weighted by Crippen LogP contribution is 2.16. The van der Waals surface area contributed by atoms with Gasteiger partial charge in [-0.1, -0.05) is 0 Å². The highest BCUT2D eigenvalue weighted by Gasteiger charge is 2.50. The second kappa shape index (κ2) is 6.90. The Morgan fingerprint density at radius 3 is 2.30 bits per heavy atom. The Morgan fingerprint density at radius 2 is 1.75 bits per heavy atom. The Bertz CT molecular complexity index is 434. The normalized spacial score (nSPS) is 23.1. The third-order valence-electron chi connectivity index (χ3n) is 2.32. The van der Waals surface area contributed by atoms with E-state index in [2.05, 4.69) is 10.6 Å². The van der Waals surface area contributed by atoms with E-state index in [-0.39, 0.29) is 25.5 Å². The molecule has 1 unspecified atom stereocenters. The monoisotopic (exact) mass is 286 g/mol. The Labute approximate surface area is 116 Å². The maximum atomic E-state index is 11.9. The number of nitrogens with one attached hydrogen (secondary N) is 2. The zero-order valence-electron chi connectivity index (χ0n) is 11.6. The largest absolute Gasteiger partial charge is 0.463 e. The molecule has 0 radical (unpaired) electrons. The van der Waals surface area contributed by atoms with Crippen LogP contribution in [0.1, 0.15) is 20.8 Å². The van der Waals surface area contributed by atoms with Gasteiger partial charge in [0.25, 0.3) is 5.91 Å². The third-order valence-corrected chi connectivity index (χ3v) is 2.32. The summed E-state index contributed by atoms with van der Waals surface area (Å²) < 4.78 is 14.8. The van der Waals surface area contributed by atoms with Crippen LogP contribution in [-0.2, 0) is 28.6 Å². The van der Waals surface area contributed by atoms with Crippen molar-refractivity contribution in [1.82, 2.24) is 10.6 Å². The van der Waals surface area contributed by atoms with E-state index in [0.29, 0.717) is 0 Å². The van der Waals surface area contributed by atoms with Gasteiger partial charge in [0.1, 0.15) is 5.70 Å². The smallest absolute Gasteiger partial charge is 0.382 e. The predicted octanol–water partition coefficient (Wildman–Crippen LogP) is -0.594. The van der Waals surface area contributed by atoms with Crippen molar-refractivity contribution in [2.24, 2.45) is 0 Å². The topological polar surface area (TPSA) is 103 Å². The molecule has 1 aliphatic rings. The van der Waals surface area contributed by atoms with Crippen LogP contribution in [-0.4, -0.2) is 43.5 Å². The molecule has 112 valence electrons. The molecule has 1 fully saturated rings. The molecule has 8 nitrogen and oxygen atoms in total. The van der Waals surface area contributed by atoms with E-state index in [1.165, 1.54) is 0 Å². The summed E-state index contributed by atoms with van der Waals surface area (Å²) in [5.74, 6) is -3.94. The first-order chi connectivity index (χ1) is 9.49. The molecule has 0 aromatic carbocycles. The summed E-state index contributed by atoms with van der Waals surface area (Å²) in [5, 5.41) is 4.86. The van der Waals surface area contributed by atoms with Crippen LogP contribution in [0.15, 0.2) is 11.8 Å². The molecule has 2 N–H and O–H groups in total. The highest BCUT2D eigenvalue weighted by molar-refractivity contribution is 6.04. The first-order valence-corrected chi connectivity index (χ1v) is 6.29. The van der Waals surface area contributed by atoms with Crippen molar-refractivity contribution in [3.8, 4) is 0 Å². The minimum Gasteiger partial charge on any atom is -0.463 e. The van der Waals surface area contributed by atoms with Gasteiger partial charge in [0, 0.05) is 6.61 Å². The zero-order valence-corrected chi connectivity index (χ0v) is 11.6. The SMILES string of the molecule is CCOC(=O)/C=C1/NC(OCC)(C(=O)OCC)NC1=O. The quantitative estimate of drug-likeness (QED) is 0.496. The van der Waals surface area contributed by atoms with E-state index in [0.717, 1.165) is 6.08 Å². The van der Waals surface area contributed by atoms with Crippen molar-refractivity contribution in [2.75, 3.05) is 19.8 Å². The summed E-state index contributed by atoms with van der Waals surface area (Å²) in [6.07, 6.45) is 0.957. The average molecular weight is 286 g/mol. The number of rotatable bonds is 6. The molecule has 20 heavy (non-hydrogen) atoms. The molecule has 1 saturated heterocycles. The Balaban J connectivity index is 2.94. The molecule has 1 heterocycles. The van der Waals surface area contributed by atoms with E-state index in [9.17, 15) is 14.4 Å². The zero-order chi connectivity index (χ0) is 15.2. The fourth-order valence-corrected chi connectivity index (χ4v) is 1.59. The Morgan fingerprint density at radius 1 is 1.10 bits per heavy atom. The Kier molecular flexibility index (Phi) is 5.51. The number of ether oxygens (including phenoxy) is 3. The predicted molar refractivity (Wildman–Crippen MR) is 67.0 cm³/mol. The minimum absolute atomic E-state index is 0.120. The molecule has 0 saturated carbocycles. The molecule has 0 aromatic heterocycles. The summed E-state index contributed by atoms with van der Waals surface area (Å²) in [5.41, 5.74) is -0.120. The van der Waals surface area contributed by atoms with Crippen molar-refractivity contribution >= 4 is 17.8 Å². The lowest BCUT2D eigenvalue weighted by atomic mass is 10.4. The number of hydrogen-bond acceptors (Lipinski definition) is 7. The summed E-state index contributed by atoms with van der Waals surface area (Å²) in [4.78, 5) is 35.0. The molecule has 1 amide bonds. The van der Waals surface area contributed by atoms with Crippen molar-refractivity contribution in [1.29, 1.82) is 0 Å². The van der Waals surface area contributed by atoms with Gasteiger partial charge in [-0.25, -0.2) is 9.59 Å². The second-order valence-electron chi connectivity index (χ2n) is 3.72. The van der Waals surface area contributed by atoms with Crippen molar-refractivity contribution in [3.63, 3.8) is 0 Å². The van der Waals surface area contributed by atoms with Gasteiger partial charge in [-0.3, -0.25) is 10.1 Å². The molecule has 0 bridgehead atoms. The maximum Gasteiger partial charge on any atom is 0.382 e. The summed E-state index contributed by atoms with van der Waals surface area (Å²) in [6, 6.07) is 0. The number of carbonyl (C=O) groups is 3. The van der Waals surface area contributed by atoms with Crippen molar-refractivity contribution < 1.29 is 28.6 Å². The van der Waals surface area contributed by atoms with Crippen LogP contribution in [0.25, 0.3) is 0 Å². The van der Waals surface area contributed by atoms with Crippen LogP contribution in [0.3, 0.4) is 0 Å². The third kappa shape index (κ3) is 3.47. The van der Waals surface area contributed by atoms with Gasteiger partial charge < -0.3 is 19.5 Å². The van der Waals surface area contributed by atoms with Crippen LogP contribution in [0, 0.1) is 0 Å². The van der Waals surface area contributed by atoms with Gasteiger partial charge in [-0.2, -0.15) is 0 Å². The summed E-state index contributed by atoms with van der Waals surface area (Å²) >= 11 is 0. The Hall–Kier alpha value is -2.09. The lowest BCUT2D eigenvalue weighted by molar-refractivity contribution is -0.179. The van der Waals surface area contributed by atoms with Gasteiger partial charge in [-0.05, 0) is 20.8 Å². The fraction of sp³-hybridized carbons (Fsp3) is 0.583. The molecule has 1 atom stereocenters. The standard InChI is InChI=1S/C12H18N2O6/c1-4-18-9(15)7-8-10(16)14-12(13-8,20-6-3)11(17)19-5-2/h7,13H,4-6H2,1-3H3,(H,14,16)/b8-7+. The summed E-state index contributed by atoms with van der Waals surface area (Å²) in [7, 11) is 0. The highest BCUT2D eigenvalue weighted by atomic mass is 16.6. The van der Waals surface area contributed by atoms with Crippen LogP contribution < -0.4 is 10.6 Å². The van der Waals surface area contributed by atoms with Gasteiger partial charge in [0.15, 0.2) is 0 Å². The van der Waals surface area contributed by atoms with Crippen LogP contribution in [0.5, 0.6) is 0 Å². The molecular weight excluding hydrogens is 268 g/mol. The molecular formula is C12H18N2O6. The number of esters is 2. The van der Waals surface area contributed by atoms with Gasteiger partial charge in [0.2, 0.25) is 0 Å². The van der Waals surface area contributed by atoms with Gasteiger partial charge in [0.05, 0.1) is 19.3 Å². The lowest BCUT2D eigenvalue weighted by Crippen LogP contribution is -2.59. The van der Waals surface area contributed by atoms with Gasteiger partial charge >= 0.3 is 17.8 Å². The maximum absolute atomic E-state index is 11.9. The van der Waals surface area contributed by atoms with E-state index >= 15 is 0 Å². The van der Waals surface area contributed by atoms with Gasteiger partial charge in [-0.15, -0.1) is 0 Å². The molecule has 0 spiro atoms. The molecule has 0 aliphatic carbocycles. The fourth-order valence-electron chi connectivity index (χ4n) is 1.59. The molecule has 0 aromatic rings. The molecule has 1 aliphatic heterocycles. The average Bonchev–Trinajstić information content (AvgIpc) is 2.68. The molecule has 1 rings (SSSR count). The van der Waals surface area contributed by atoms with Crippen LogP contribution in [0.2, 0.25) is 0 Å². The minimum atomic E-state index is -1.81. The summed E-state index contributed by atoms with van der Waals surface area (Å²) in [6.45, 7) is 5.38.